The van der Waals surface area contributed by atoms with Gasteiger partial charge in [0.25, 0.3) is 0 Å². The Hall–Kier alpha value is -0.130. The van der Waals surface area contributed by atoms with Gasteiger partial charge >= 0.3 is 0 Å². The van der Waals surface area contributed by atoms with Crippen molar-refractivity contribution in [2.45, 2.75) is 25.4 Å². The Labute approximate surface area is 85.6 Å². The van der Waals surface area contributed by atoms with Crippen molar-refractivity contribution < 1.29 is 13.5 Å². The Balaban J connectivity index is 2.56. The van der Waals surface area contributed by atoms with Gasteiger partial charge in [0, 0.05) is 12.8 Å². The number of piperidine rings is 1. The van der Waals surface area contributed by atoms with Crippen LogP contribution in [-0.4, -0.2) is 44.2 Å². The molecule has 0 bridgehead atoms. The SMILES string of the molecule is CC1CNCCC1(O)CCS(C)(=O)=O. The van der Waals surface area contributed by atoms with Crippen LogP contribution in [0.4, 0.5) is 0 Å². The first-order chi connectivity index (χ1) is 6.33. The summed E-state index contributed by atoms with van der Waals surface area (Å²) in [7, 11) is -2.97. The van der Waals surface area contributed by atoms with E-state index in [1.807, 2.05) is 6.92 Å². The van der Waals surface area contributed by atoms with E-state index in [4.69, 9.17) is 0 Å². The molecule has 4 nitrogen and oxygen atoms in total. The molecule has 1 fully saturated rings. The summed E-state index contributed by atoms with van der Waals surface area (Å²) in [5.74, 6) is 0.200. The molecule has 0 aromatic rings. The molecule has 1 rings (SSSR count). The third-order valence-corrected chi connectivity index (χ3v) is 3.95. The summed E-state index contributed by atoms with van der Waals surface area (Å²) in [5, 5.41) is 13.4. The van der Waals surface area contributed by atoms with Gasteiger partial charge in [0.1, 0.15) is 9.84 Å². The average molecular weight is 221 g/mol. The van der Waals surface area contributed by atoms with Gasteiger partial charge in [-0.3, -0.25) is 0 Å². The van der Waals surface area contributed by atoms with Gasteiger partial charge in [-0.25, -0.2) is 8.42 Å². The van der Waals surface area contributed by atoms with E-state index in [1.54, 1.807) is 0 Å². The van der Waals surface area contributed by atoms with Crippen LogP contribution in [0.5, 0.6) is 0 Å². The Morgan fingerprint density at radius 2 is 2.21 bits per heavy atom. The van der Waals surface area contributed by atoms with Gasteiger partial charge in [0.2, 0.25) is 0 Å². The second-order valence-corrected chi connectivity index (χ2v) is 6.60. The highest BCUT2D eigenvalue weighted by Gasteiger charge is 2.36. The molecule has 84 valence electrons. The van der Waals surface area contributed by atoms with Gasteiger partial charge in [0.05, 0.1) is 11.4 Å². The fourth-order valence-electron chi connectivity index (χ4n) is 1.79. The molecule has 0 aliphatic carbocycles. The van der Waals surface area contributed by atoms with E-state index < -0.39 is 15.4 Å². The highest BCUT2D eigenvalue weighted by atomic mass is 32.2. The lowest BCUT2D eigenvalue weighted by Gasteiger charge is -2.38. The largest absolute Gasteiger partial charge is 0.389 e. The lowest BCUT2D eigenvalue weighted by molar-refractivity contribution is -0.0357. The second-order valence-electron chi connectivity index (χ2n) is 4.34. The Morgan fingerprint density at radius 3 is 2.71 bits per heavy atom. The summed E-state index contributed by atoms with van der Waals surface area (Å²) >= 11 is 0. The molecule has 2 N–H and O–H groups in total. The van der Waals surface area contributed by atoms with Gasteiger partial charge in [-0.2, -0.15) is 0 Å². The van der Waals surface area contributed by atoms with Crippen molar-refractivity contribution in [2.75, 3.05) is 25.1 Å². The quantitative estimate of drug-likeness (QED) is 0.691. The van der Waals surface area contributed by atoms with Crippen molar-refractivity contribution in [3.05, 3.63) is 0 Å². The normalized spacial score (nSPS) is 34.4. The lowest BCUT2D eigenvalue weighted by atomic mass is 9.81. The van der Waals surface area contributed by atoms with E-state index >= 15 is 0 Å². The fourth-order valence-corrected chi connectivity index (χ4v) is 2.52. The van der Waals surface area contributed by atoms with Crippen molar-refractivity contribution in [2.24, 2.45) is 5.92 Å². The van der Waals surface area contributed by atoms with E-state index in [1.165, 1.54) is 6.26 Å². The topological polar surface area (TPSA) is 66.4 Å². The molecule has 0 saturated carbocycles. The van der Waals surface area contributed by atoms with Crippen molar-refractivity contribution in [1.82, 2.24) is 5.32 Å². The van der Waals surface area contributed by atoms with Gasteiger partial charge in [-0.15, -0.1) is 0 Å². The predicted octanol–water partition coefficient (Wildman–Crippen LogP) is -0.218. The first-order valence-electron chi connectivity index (χ1n) is 4.94. The van der Waals surface area contributed by atoms with Crippen LogP contribution in [0.2, 0.25) is 0 Å². The Bertz CT molecular complexity index is 288. The minimum atomic E-state index is -2.97. The molecule has 0 aromatic carbocycles. The van der Waals surface area contributed by atoms with E-state index in [2.05, 4.69) is 5.32 Å². The van der Waals surface area contributed by atoms with Crippen LogP contribution in [-0.2, 0) is 9.84 Å². The van der Waals surface area contributed by atoms with Crippen molar-refractivity contribution in [1.29, 1.82) is 0 Å². The molecular formula is C9H19NO3S. The fraction of sp³-hybridized carbons (Fsp3) is 1.00. The maximum atomic E-state index is 11.0. The number of hydrogen-bond acceptors (Lipinski definition) is 4. The highest BCUT2D eigenvalue weighted by Crippen LogP contribution is 2.27. The molecule has 1 aliphatic rings. The van der Waals surface area contributed by atoms with Crippen LogP contribution in [0.3, 0.4) is 0 Å². The molecule has 0 aromatic heterocycles. The van der Waals surface area contributed by atoms with Gasteiger partial charge in [-0.05, 0) is 25.3 Å². The molecule has 1 heterocycles. The number of aliphatic hydroxyl groups is 1. The first kappa shape index (κ1) is 11.9. The molecule has 0 spiro atoms. The average Bonchev–Trinajstić information content (AvgIpc) is 2.06. The van der Waals surface area contributed by atoms with Gasteiger partial charge in [0.15, 0.2) is 0 Å². The summed E-state index contributed by atoms with van der Waals surface area (Å²) in [4.78, 5) is 0. The maximum Gasteiger partial charge on any atom is 0.147 e. The van der Waals surface area contributed by atoms with Crippen LogP contribution in [0.1, 0.15) is 19.8 Å². The number of nitrogens with one attached hydrogen (secondary N) is 1. The Kier molecular flexibility index (Phi) is 3.55. The van der Waals surface area contributed by atoms with E-state index in [9.17, 15) is 13.5 Å². The van der Waals surface area contributed by atoms with Crippen LogP contribution < -0.4 is 5.32 Å². The standard InChI is InChI=1S/C9H19NO3S/c1-8-7-10-5-3-9(8,11)4-6-14(2,12)13/h8,10-11H,3-7H2,1-2H3. The number of rotatable bonds is 3. The van der Waals surface area contributed by atoms with E-state index in [0.717, 1.165) is 13.1 Å². The van der Waals surface area contributed by atoms with Gasteiger partial charge in [-0.1, -0.05) is 6.92 Å². The predicted molar refractivity (Wildman–Crippen MR) is 55.9 cm³/mol. The summed E-state index contributed by atoms with van der Waals surface area (Å²) < 4.78 is 22.0. The van der Waals surface area contributed by atoms with Crippen LogP contribution in [0.25, 0.3) is 0 Å². The summed E-state index contributed by atoms with van der Waals surface area (Å²) in [6.45, 7) is 3.49. The lowest BCUT2D eigenvalue weighted by Crippen LogP contribution is -2.49. The summed E-state index contributed by atoms with van der Waals surface area (Å²) in [5.41, 5.74) is -0.797. The van der Waals surface area contributed by atoms with Crippen LogP contribution in [0.15, 0.2) is 0 Å². The molecule has 2 unspecified atom stereocenters. The number of sulfone groups is 1. The first-order valence-corrected chi connectivity index (χ1v) is 7.00. The van der Waals surface area contributed by atoms with E-state index in [-0.39, 0.29) is 11.7 Å². The third-order valence-electron chi connectivity index (χ3n) is 3.01. The molecule has 1 saturated heterocycles. The van der Waals surface area contributed by atoms with Crippen molar-refractivity contribution in [3.63, 3.8) is 0 Å². The molecule has 5 heteroatoms. The zero-order chi connectivity index (χ0) is 10.8. The molecular weight excluding hydrogens is 202 g/mol. The second kappa shape index (κ2) is 4.16. The molecule has 0 amide bonds. The molecule has 14 heavy (non-hydrogen) atoms. The van der Waals surface area contributed by atoms with Crippen molar-refractivity contribution >= 4 is 9.84 Å². The maximum absolute atomic E-state index is 11.0. The Morgan fingerprint density at radius 1 is 1.57 bits per heavy atom. The molecule has 0 radical (unpaired) electrons. The minimum Gasteiger partial charge on any atom is -0.389 e. The van der Waals surface area contributed by atoms with Crippen LogP contribution in [0, 0.1) is 5.92 Å². The summed E-state index contributed by atoms with van der Waals surface area (Å²) in [6, 6.07) is 0. The summed E-state index contributed by atoms with van der Waals surface area (Å²) in [6.07, 6.45) is 2.21. The van der Waals surface area contributed by atoms with E-state index in [0.29, 0.717) is 12.8 Å². The molecule has 1 aliphatic heterocycles. The van der Waals surface area contributed by atoms with Crippen molar-refractivity contribution in [3.8, 4) is 0 Å². The smallest absolute Gasteiger partial charge is 0.147 e. The third kappa shape index (κ3) is 3.22. The zero-order valence-electron chi connectivity index (χ0n) is 8.78. The monoisotopic (exact) mass is 221 g/mol. The van der Waals surface area contributed by atoms with Crippen LogP contribution >= 0.6 is 0 Å². The zero-order valence-corrected chi connectivity index (χ0v) is 9.60. The number of hydrogen-bond donors (Lipinski definition) is 2. The minimum absolute atomic E-state index is 0.0772. The highest BCUT2D eigenvalue weighted by molar-refractivity contribution is 7.90. The molecule has 2 atom stereocenters. The van der Waals surface area contributed by atoms with Gasteiger partial charge < -0.3 is 10.4 Å².